The Morgan fingerprint density at radius 1 is 1.32 bits per heavy atom. The normalized spacial score (nSPS) is 17.4. The van der Waals surface area contributed by atoms with Crippen LogP contribution < -0.4 is 5.73 Å². The van der Waals surface area contributed by atoms with E-state index in [0.29, 0.717) is 25.2 Å². The Labute approximate surface area is 109 Å². The fourth-order valence-electron chi connectivity index (χ4n) is 2.10. The molecule has 2 N–H and O–H groups in total. The smallest absolute Gasteiger partial charge is 0.329 e. The summed E-state index contributed by atoms with van der Waals surface area (Å²) >= 11 is 0. The summed E-state index contributed by atoms with van der Waals surface area (Å²) in [5.74, 6) is 0. The predicted octanol–water partition coefficient (Wildman–Crippen LogP) is 2.15. The van der Waals surface area contributed by atoms with Gasteiger partial charge >= 0.3 is 6.18 Å². The third kappa shape index (κ3) is 3.54. The lowest BCUT2D eigenvalue weighted by Crippen LogP contribution is -2.33. The second-order valence-electron chi connectivity index (χ2n) is 4.47. The van der Waals surface area contributed by atoms with Crippen LogP contribution in [0.15, 0.2) is 24.3 Å². The van der Waals surface area contributed by atoms with Crippen LogP contribution in [0, 0.1) is 0 Å². The van der Waals surface area contributed by atoms with Crippen LogP contribution in [-0.4, -0.2) is 36.1 Å². The molecule has 2 rings (SSSR count). The summed E-state index contributed by atoms with van der Waals surface area (Å²) in [5, 5.41) is 0. The number of hydrogen-bond acceptors (Lipinski definition) is 3. The Kier molecular flexibility index (Phi) is 4.21. The molecule has 1 aliphatic rings. The first kappa shape index (κ1) is 14.0. The van der Waals surface area contributed by atoms with Crippen LogP contribution in [0.3, 0.4) is 0 Å². The maximum absolute atomic E-state index is 12.6. The number of aromatic nitrogens is 1. The monoisotopic (exact) mass is 271 g/mol. The second-order valence-corrected chi connectivity index (χ2v) is 4.47. The number of rotatable bonds is 3. The maximum atomic E-state index is 12.6. The van der Waals surface area contributed by atoms with Gasteiger partial charge in [-0.2, -0.15) is 13.2 Å². The van der Waals surface area contributed by atoms with Gasteiger partial charge in [-0.3, -0.25) is 4.90 Å². The van der Waals surface area contributed by atoms with Gasteiger partial charge < -0.3 is 5.73 Å². The number of nitrogens with zero attached hydrogens (tertiary/aromatic N) is 2. The molecule has 0 aliphatic carbocycles. The van der Waals surface area contributed by atoms with Crippen LogP contribution in [0.2, 0.25) is 0 Å². The van der Waals surface area contributed by atoms with Crippen molar-refractivity contribution in [1.82, 2.24) is 9.88 Å². The fraction of sp³-hybridized carbons (Fsp3) is 0.462. The maximum Gasteiger partial charge on any atom is 0.433 e. The zero-order valence-corrected chi connectivity index (χ0v) is 10.5. The summed E-state index contributed by atoms with van der Waals surface area (Å²) in [7, 11) is 0. The standard InChI is InChI=1S/C13H16F3N3/c14-13(15,16)12-3-1-2-11(18-12)10-4-7-19(8-5-10)9-6-17/h1-4H,5-9,17H2. The molecule has 0 aromatic carbocycles. The first-order valence-corrected chi connectivity index (χ1v) is 6.17. The lowest BCUT2D eigenvalue weighted by molar-refractivity contribution is -0.141. The van der Waals surface area contributed by atoms with Gasteiger partial charge in [-0.15, -0.1) is 0 Å². The lowest BCUT2D eigenvalue weighted by atomic mass is 10.0. The van der Waals surface area contributed by atoms with Crippen molar-refractivity contribution in [3.05, 3.63) is 35.7 Å². The molecule has 0 saturated carbocycles. The third-order valence-electron chi connectivity index (χ3n) is 3.11. The molecule has 0 saturated heterocycles. The molecule has 0 amide bonds. The molecule has 1 aliphatic heterocycles. The molecule has 2 heterocycles. The third-order valence-corrected chi connectivity index (χ3v) is 3.11. The highest BCUT2D eigenvalue weighted by atomic mass is 19.4. The fourth-order valence-corrected chi connectivity index (χ4v) is 2.10. The Morgan fingerprint density at radius 3 is 2.68 bits per heavy atom. The molecule has 1 aromatic heterocycles. The highest BCUT2D eigenvalue weighted by Crippen LogP contribution is 2.29. The van der Waals surface area contributed by atoms with Crippen LogP contribution in [-0.2, 0) is 6.18 Å². The Hall–Kier alpha value is -1.40. The minimum absolute atomic E-state index is 0.419. The van der Waals surface area contributed by atoms with E-state index in [-0.39, 0.29) is 0 Å². The van der Waals surface area contributed by atoms with E-state index in [4.69, 9.17) is 5.73 Å². The zero-order valence-electron chi connectivity index (χ0n) is 10.5. The first-order valence-electron chi connectivity index (χ1n) is 6.17. The van der Waals surface area contributed by atoms with E-state index >= 15 is 0 Å². The largest absolute Gasteiger partial charge is 0.433 e. The van der Waals surface area contributed by atoms with E-state index in [1.54, 1.807) is 6.07 Å². The molecular formula is C13H16F3N3. The summed E-state index contributed by atoms with van der Waals surface area (Å²) < 4.78 is 37.8. The highest BCUT2D eigenvalue weighted by Gasteiger charge is 2.32. The molecule has 1 aromatic rings. The van der Waals surface area contributed by atoms with Crippen molar-refractivity contribution in [3.8, 4) is 0 Å². The van der Waals surface area contributed by atoms with Gasteiger partial charge in [0.1, 0.15) is 5.69 Å². The van der Waals surface area contributed by atoms with Crippen molar-refractivity contribution in [2.45, 2.75) is 12.6 Å². The molecule has 19 heavy (non-hydrogen) atoms. The molecule has 0 fully saturated rings. The first-order chi connectivity index (χ1) is 9.00. The van der Waals surface area contributed by atoms with Gasteiger partial charge in [0.2, 0.25) is 0 Å². The van der Waals surface area contributed by atoms with E-state index in [2.05, 4.69) is 9.88 Å². The quantitative estimate of drug-likeness (QED) is 0.916. The minimum Gasteiger partial charge on any atom is -0.329 e. The highest BCUT2D eigenvalue weighted by molar-refractivity contribution is 5.63. The van der Waals surface area contributed by atoms with Crippen LogP contribution in [0.25, 0.3) is 5.57 Å². The molecule has 3 nitrogen and oxygen atoms in total. The molecule has 0 unspecified atom stereocenters. The molecule has 0 atom stereocenters. The van der Waals surface area contributed by atoms with Gasteiger partial charge in [0.25, 0.3) is 0 Å². The van der Waals surface area contributed by atoms with Gasteiger partial charge in [0.05, 0.1) is 5.69 Å². The van der Waals surface area contributed by atoms with Crippen molar-refractivity contribution >= 4 is 5.57 Å². The summed E-state index contributed by atoms with van der Waals surface area (Å²) in [5.41, 5.74) is 5.93. The second kappa shape index (κ2) is 5.71. The zero-order chi connectivity index (χ0) is 13.9. The van der Waals surface area contributed by atoms with E-state index < -0.39 is 11.9 Å². The van der Waals surface area contributed by atoms with Crippen molar-refractivity contribution in [2.75, 3.05) is 26.2 Å². The average molecular weight is 271 g/mol. The van der Waals surface area contributed by atoms with Gasteiger partial charge in [-0.05, 0) is 24.1 Å². The number of pyridine rings is 1. The van der Waals surface area contributed by atoms with E-state index in [1.807, 2.05) is 6.08 Å². The topological polar surface area (TPSA) is 42.1 Å². The van der Waals surface area contributed by atoms with Crippen LogP contribution in [0.1, 0.15) is 17.8 Å². The number of nitrogens with two attached hydrogens (primary N) is 1. The Balaban J connectivity index is 2.15. The van der Waals surface area contributed by atoms with Crippen molar-refractivity contribution in [3.63, 3.8) is 0 Å². The van der Waals surface area contributed by atoms with Crippen LogP contribution >= 0.6 is 0 Å². The number of halogens is 3. The SMILES string of the molecule is NCCN1CC=C(c2cccc(C(F)(F)F)n2)CC1. The van der Waals surface area contributed by atoms with E-state index in [9.17, 15) is 13.2 Å². The summed E-state index contributed by atoms with van der Waals surface area (Å²) in [6.07, 6.45) is -1.76. The van der Waals surface area contributed by atoms with Crippen molar-refractivity contribution in [1.29, 1.82) is 0 Å². The van der Waals surface area contributed by atoms with Crippen LogP contribution in [0.4, 0.5) is 13.2 Å². The molecular weight excluding hydrogens is 255 g/mol. The molecule has 6 heteroatoms. The Morgan fingerprint density at radius 2 is 2.11 bits per heavy atom. The number of alkyl halides is 3. The minimum atomic E-state index is -4.39. The summed E-state index contributed by atoms with van der Waals surface area (Å²) in [6.45, 7) is 2.91. The van der Waals surface area contributed by atoms with Gasteiger partial charge in [0, 0.05) is 26.2 Å². The van der Waals surface area contributed by atoms with Gasteiger partial charge in [0.15, 0.2) is 0 Å². The predicted molar refractivity (Wildman–Crippen MR) is 67.3 cm³/mol. The number of hydrogen-bond donors (Lipinski definition) is 1. The molecule has 0 spiro atoms. The summed E-state index contributed by atoms with van der Waals surface area (Å²) in [6, 6.07) is 4.02. The van der Waals surface area contributed by atoms with Crippen molar-refractivity contribution in [2.24, 2.45) is 5.73 Å². The molecule has 0 radical (unpaired) electrons. The molecule has 0 bridgehead atoms. The average Bonchev–Trinajstić information content (AvgIpc) is 2.39. The van der Waals surface area contributed by atoms with Crippen molar-refractivity contribution < 1.29 is 13.2 Å². The van der Waals surface area contributed by atoms with E-state index in [0.717, 1.165) is 24.7 Å². The van der Waals surface area contributed by atoms with Gasteiger partial charge in [-0.25, -0.2) is 4.98 Å². The summed E-state index contributed by atoms with van der Waals surface area (Å²) in [4.78, 5) is 5.87. The van der Waals surface area contributed by atoms with E-state index in [1.165, 1.54) is 6.07 Å². The molecule has 104 valence electrons. The Bertz CT molecular complexity index is 468. The lowest BCUT2D eigenvalue weighted by Gasteiger charge is -2.25. The van der Waals surface area contributed by atoms with Gasteiger partial charge in [-0.1, -0.05) is 12.1 Å². The van der Waals surface area contributed by atoms with Crippen LogP contribution in [0.5, 0.6) is 0 Å².